The Morgan fingerprint density at radius 2 is 1.32 bits per heavy atom. The van der Waals surface area contributed by atoms with E-state index in [2.05, 4.69) is 26.0 Å². The Bertz CT molecular complexity index is 395. The van der Waals surface area contributed by atoms with Crippen LogP contribution >= 0.6 is 0 Å². The molecule has 19 heavy (non-hydrogen) atoms. The SMILES string of the molecule is CC.CC.Cc1ccc(C)c2c1CCC21CCCC1. The van der Waals surface area contributed by atoms with Gasteiger partial charge >= 0.3 is 0 Å². The van der Waals surface area contributed by atoms with Gasteiger partial charge in [0.05, 0.1) is 0 Å². The second kappa shape index (κ2) is 7.12. The Morgan fingerprint density at radius 1 is 0.789 bits per heavy atom. The molecule has 0 atom stereocenters. The van der Waals surface area contributed by atoms with E-state index >= 15 is 0 Å². The van der Waals surface area contributed by atoms with E-state index in [0.717, 1.165) is 0 Å². The van der Waals surface area contributed by atoms with Gasteiger partial charge < -0.3 is 0 Å². The largest absolute Gasteiger partial charge is 0.0683 e. The molecule has 0 radical (unpaired) electrons. The number of benzene rings is 1. The molecule has 0 aromatic heterocycles. The third kappa shape index (κ3) is 2.88. The summed E-state index contributed by atoms with van der Waals surface area (Å²) in [6.07, 6.45) is 8.56. The lowest BCUT2D eigenvalue weighted by Gasteiger charge is -2.26. The topological polar surface area (TPSA) is 0 Å². The van der Waals surface area contributed by atoms with E-state index in [1.807, 2.05) is 27.7 Å². The molecule has 3 rings (SSSR count). The van der Waals surface area contributed by atoms with Gasteiger partial charge in [-0.3, -0.25) is 0 Å². The minimum absolute atomic E-state index is 0.603. The smallest absolute Gasteiger partial charge is 0.00384 e. The van der Waals surface area contributed by atoms with Crippen LogP contribution in [0.25, 0.3) is 0 Å². The summed E-state index contributed by atoms with van der Waals surface area (Å²) in [7, 11) is 0. The van der Waals surface area contributed by atoms with Crippen molar-refractivity contribution in [1.82, 2.24) is 0 Å². The van der Waals surface area contributed by atoms with Gasteiger partial charge in [-0.2, -0.15) is 0 Å². The van der Waals surface area contributed by atoms with Crippen LogP contribution < -0.4 is 0 Å². The van der Waals surface area contributed by atoms with Crippen LogP contribution in [0, 0.1) is 13.8 Å². The van der Waals surface area contributed by atoms with Crippen molar-refractivity contribution >= 4 is 0 Å². The molecule has 108 valence electrons. The van der Waals surface area contributed by atoms with Gasteiger partial charge in [0, 0.05) is 0 Å². The molecule has 0 heteroatoms. The highest BCUT2D eigenvalue weighted by atomic mass is 14.5. The number of hydrogen-bond acceptors (Lipinski definition) is 0. The maximum atomic E-state index is 2.33. The van der Waals surface area contributed by atoms with E-state index in [4.69, 9.17) is 0 Å². The Labute approximate surface area is 120 Å². The number of hydrogen-bond donors (Lipinski definition) is 0. The van der Waals surface area contributed by atoms with Gasteiger partial charge in [0.15, 0.2) is 0 Å². The zero-order chi connectivity index (χ0) is 14.5. The monoisotopic (exact) mass is 260 g/mol. The van der Waals surface area contributed by atoms with Gasteiger partial charge in [-0.25, -0.2) is 0 Å². The van der Waals surface area contributed by atoms with Crippen LogP contribution in [-0.2, 0) is 11.8 Å². The Morgan fingerprint density at radius 3 is 1.89 bits per heavy atom. The molecule has 1 fully saturated rings. The molecule has 0 N–H and O–H groups in total. The van der Waals surface area contributed by atoms with Crippen LogP contribution in [0.15, 0.2) is 12.1 Å². The molecule has 0 unspecified atom stereocenters. The lowest BCUT2D eigenvalue weighted by molar-refractivity contribution is 0.437. The normalized spacial score (nSPS) is 18.2. The molecule has 0 saturated heterocycles. The Balaban J connectivity index is 0.000000415. The van der Waals surface area contributed by atoms with Crippen LogP contribution in [0.4, 0.5) is 0 Å². The summed E-state index contributed by atoms with van der Waals surface area (Å²) in [5.41, 5.74) is 7.12. The predicted molar refractivity (Wildman–Crippen MR) is 87.1 cm³/mol. The van der Waals surface area contributed by atoms with E-state index in [-0.39, 0.29) is 0 Å². The first kappa shape index (κ1) is 16.3. The quantitative estimate of drug-likeness (QED) is 0.527. The molecule has 0 bridgehead atoms. The molecule has 0 amide bonds. The van der Waals surface area contributed by atoms with Crippen molar-refractivity contribution in [3.8, 4) is 0 Å². The maximum Gasteiger partial charge on any atom is -0.00384 e. The third-order valence-electron chi connectivity index (χ3n) is 4.70. The minimum Gasteiger partial charge on any atom is -0.0683 e. The molecule has 1 aromatic rings. The molecular weight excluding hydrogens is 228 g/mol. The minimum atomic E-state index is 0.603. The molecule has 0 aliphatic heterocycles. The Hall–Kier alpha value is -0.780. The van der Waals surface area contributed by atoms with Gasteiger partial charge in [-0.15, -0.1) is 0 Å². The molecule has 0 heterocycles. The lowest BCUT2D eigenvalue weighted by Crippen LogP contribution is -2.19. The van der Waals surface area contributed by atoms with Gasteiger partial charge in [-0.05, 0) is 67.2 Å². The predicted octanol–water partition coefficient (Wildman–Crippen LogP) is 6.11. The number of rotatable bonds is 0. The number of aryl methyl sites for hydroxylation is 2. The maximum absolute atomic E-state index is 2.33. The first-order chi connectivity index (χ1) is 9.23. The molecule has 0 nitrogen and oxygen atoms in total. The summed E-state index contributed by atoms with van der Waals surface area (Å²) in [4.78, 5) is 0. The zero-order valence-corrected chi connectivity index (χ0v) is 13.9. The van der Waals surface area contributed by atoms with E-state index in [1.165, 1.54) is 44.1 Å². The molecule has 1 saturated carbocycles. The Kier molecular flexibility index (Phi) is 6.10. The molecule has 2 aliphatic carbocycles. The van der Waals surface area contributed by atoms with E-state index in [0.29, 0.717) is 5.41 Å². The van der Waals surface area contributed by atoms with Crippen molar-refractivity contribution in [3.63, 3.8) is 0 Å². The van der Waals surface area contributed by atoms with Crippen molar-refractivity contribution in [2.45, 2.75) is 85.5 Å². The second-order valence-corrected chi connectivity index (χ2v) is 5.54. The summed E-state index contributed by atoms with van der Waals surface area (Å²) in [6, 6.07) is 4.64. The van der Waals surface area contributed by atoms with E-state index in [9.17, 15) is 0 Å². The fourth-order valence-electron chi connectivity index (χ4n) is 3.97. The van der Waals surface area contributed by atoms with Gasteiger partial charge in [0.2, 0.25) is 0 Å². The highest BCUT2D eigenvalue weighted by molar-refractivity contribution is 5.49. The van der Waals surface area contributed by atoms with E-state index in [1.54, 1.807) is 16.7 Å². The molecule has 1 spiro atoms. The number of fused-ring (bicyclic) bond motifs is 2. The average Bonchev–Trinajstić information content (AvgIpc) is 3.09. The highest BCUT2D eigenvalue weighted by Gasteiger charge is 2.42. The fraction of sp³-hybridized carbons (Fsp3) is 0.684. The summed E-state index contributed by atoms with van der Waals surface area (Å²) in [5.74, 6) is 0. The van der Waals surface area contributed by atoms with Crippen LogP contribution in [0.5, 0.6) is 0 Å². The summed E-state index contributed by atoms with van der Waals surface area (Å²) < 4.78 is 0. The van der Waals surface area contributed by atoms with Gasteiger partial charge in [0.1, 0.15) is 0 Å². The first-order valence-electron chi connectivity index (χ1n) is 8.32. The summed E-state index contributed by atoms with van der Waals surface area (Å²) >= 11 is 0. The van der Waals surface area contributed by atoms with Gasteiger partial charge in [0.25, 0.3) is 0 Å². The van der Waals surface area contributed by atoms with E-state index < -0.39 is 0 Å². The van der Waals surface area contributed by atoms with Crippen molar-refractivity contribution in [2.24, 2.45) is 0 Å². The lowest BCUT2D eigenvalue weighted by atomic mass is 9.78. The molecule has 2 aliphatic rings. The molecule has 1 aromatic carbocycles. The van der Waals surface area contributed by atoms with Crippen molar-refractivity contribution in [3.05, 3.63) is 34.4 Å². The highest BCUT2D eigenvalue weighted by Crippen LogP contribution is 2.51. The van der Waals surface area contributed by atoms with Gasteiger partial charge in [-0.1, -0.05) is 52.7 Å². The summed E-state index contributed by atoms with van der Waals surface area (Å²) in [5, 5.41) is 0. The van der Waals surface area contributed by atoms with Crippen LogP contribution in [0.3, 0.4) is 0 Å². The van der Waals surface area contributed by atoms with Crippen LogP contribution in [-0.4, -0.2) is 0 Å². The second-order valence-electron chi connectivity index (χ2n) is 5.54. The van der Waals surface area contributed by atoms with Crippen molar-refractivity contribution in [2.75, 3.05) is 0 Å². The average molecular weight is 260 g/mol. The summed E-state index contributed by atoms with van der Waals surface area (Å²) in [6.45, 7) is 12.6. The first-order valence-corrected chi connectivity index (χ1v) is 8.32. The van der Waals surface area contributed by atoms with Crippen molar-refractivity contribution < 1.29 is 0 Å². The fourth-order valence-corrected chi connectivity index (χ4v) is 3.97. The zero-order valence-electron chi connectivity index (χ0n) is 13.9. The van der Waals surface area contributed by atoms with Crippen LogP contribution in [0.1, 0.15) is 82.1 Å². The molecular formula is C19H32. The van der Waals surface area contributed by atoms with Crippen molar-refractivity contribution in [1.29, 1.82) is 0 Å². The van der Waals surface area contributed by atoms with Crippen LogP contribution in [0.2, 0.25) is 0 Å². The standard InChI is InChI=1S/C15H20.2C2H6/c1-11-5-6-12(2)14-13(11)7-10-15(14)8-3-4-9-15;2*1-2/h5-6H,3-4,7-10H2,1-2H3;2*1-2H3. The third-order valence-corrected chi connectivity index (χ3v) is 4.70.